The van der Waals surface area contributed by atoms with Crippen LogP contribution in [-0.4, -0.2) is 39.3 Å². The third-order valence-electron chi connectivity index (χ3n) is 6.28. The van der Waals surface area contributed by atoms with Crippen molar-refractivity contribution in [3.05, 3.63) is 76.1 Å². The van der Waals surface area contributed by atoms with Gasteiger partial charge in [0.1, 0.15) is 6.10 Å². The van der Waals surface area contributed by atoms with Crippen molar-refractivity contribution in [2.45, 2.75) is 45.3 Å². The van der Waals surface area contributed by atoms with Crippen molar-refractivity contribution in [2.75, 3.05) is 6.54 Å². The minimum absolute atomic E-state index is 0.0211. The number of ether oxygens (including phenoxy) is 1. The molecular formula is C24H24ClN3O2. The maximum atomic E-state index is 13.3. The summed E-state index contributed by atoms with van der Waals surface area (Å²) in [7, 11) is 0. The molecule has 4 heterocycles. The summed E-state index contributed by atoms with van der Waals surface area (Å²) in [6.45, 7) is 4.83. The van der Waals surface area contributed by atoms with E-state index in [1.165, 1.54) is 0 Å². The van der Waals surface area contributed by atoms with Crippen molar-refractivity contribution in [3.8, 4) is 11.4 Å². The first kappa shape index (κ1) is 19.2. The van der Waals surface area contributed by atoms with Crippen LogP contribution in [0.1, 0.15) is 46.8 Å². The normalized spacial score (nSPS) is 20.5. The van der Waals surface area contributed by atoms with Gasteiger partial charge < -0.3 is 9.64 Å². The number of halogens is 1. The smallest absolute Gasteiger partial charge is 0.257 e. The Balaban J connectivity index is 1.50. The molecule has 154 valence electrons. The van der Waals surface area contributed by atoms with E-state index in [0.717, 1.165) is 41.8 Å². The topological polar surface area (TPSA) is 47.4 Å². The Bertz CT molecular complexity index is 1090. The van der Waals surface area contributed by atoms with E-state index in [9.17, 15) is 4.79 Å². The van der Waals surface area contributed by atoms with Gasteiger partial charge in [0.05, 0.1) is 16.3 Å². The summed E-state index contributed by atoms with van der Waals surface area (Å²) in [6.07, 6.45) is 6.20. The quantitative estimate of drug-likeness (QED) is 0.609. The predicted octanol–water partition coefficient (Wildman–Crippen LogP) is 4.81. The van der Waals surface area contributed by atoms with Crippen LogP contribution >= 0.6 is 11.6 Å². The molecule has 3 aromatic rings. The van der Waals surface area contributed by atoms with Gasteiger partial charge in [-0.1, -0.05) is 23.7 Å². The lowest BCUT2D eigenvalue weighted by Crippen LogP contribution is -2.49. The number of piperidine rings is 1. The molecule has 5 nitrogen and oxygen atoms in total. The molecule has 1 fully saturated rings. The predicted molar refractivity (Wildman–Crippen MR) is 117 cm³/mol. The summed E-state index contributed by atoms with van der Waals surface area (Å²) in [5.41, 5.74) is 4.77. The van der Waals surface area contributed by atoms with Gasteiger partial charge in [-0.05, 0) is 61.2 Å². The van der Waals surface area contributed by atoms with Gasteiger partial charge in [-0.3, -0.25) is 4.79 Å². The summed E-state index contributed by atoms with van der Waals surface area (Å²) >= 11 is 6.73. The highest BCUT2D eigenvalue weighted by Gasteiger charge is 2.36. The molecule has 0 radical (unpaired) electrons. The average Bonchev–Trinajstić information content (AvgIpc) is 3.27. The number of benzene rings is 2. The summed E-state index contributed by atoms with van der Waals surface area (Å²) in [5.74, 6) is 0.575. The number of nitrogens with zero attached hydrogens (tertiary/aromatic N) is 3. The van der Waals surface area contributed by atoms with Crippen LogP contribution in [0.4, 0.5) is 0 Å². The maximum absolute atomic E-state index is 13.3. The molecule has 30 heavy (non-hydrogen) atoms. The largest absolute Gasteiger partial charge is 0.488 e. The lowest BCUT2D eigenvalue weighted by Gasteiger charge is -2.41. The molecule has 3 aliphatic heterocycles. The molecule has 0 unspecified atom stereocenters. The highest BCUT2D eigenvalue weighted by molar-refractivity contribution is 6.33. The zero-order valence-corrected chi connectivity index (χ0v) is 17.9. The standard InChI is InChI=1S/C24H24ClN3O2/c1-15-12-20-8-11-27(15)24(29)21-14-18(16(2)22(25)23(21)30-20)13-17-4-6-19(7-5-17)28-10-3-9-26-28/h3-7,9-10,14-15,20H,8,11-13H2,1-2H3/t15-,20+/m1/s1. The second kappa shape index (κ2) is 7.47. The average molecular weight is 422 g/mol. The maximum Gasteiger partial charge on any atom is 0.257 e. The van der Waals surface area contributed by atoms with Crippen molar-refractivity contribution < 1.29 is 9.53 Å². The Morgan fingerprint density at radius 2 is 2.07 bits per heavy atom. The molecule has 6 heteroatoms. The Hall–Kier alpha value is -2.79. The monoisotopic (exact) mass is 421 g/mol. The van der Waals surface area contributed by atoms with Crippen LogP contribution in [-0.2, 0) is 6.42 Å². The molecule has 0 saturated carbocycles. The highest BCUT2D eigenvalue weighted by atomic mass is 35.5. The van der Waals surface area contributed by atoms with Crippen molar-refractivity contribution in [1.82, 2.24) is 14.7 Å². The Labute approximate surface area is 181 Å². The van der Waals surface area contributed by atoms with Crippen LogP contribution in [0.15, 0.2) is 48.8 Å². The van der Waals surface area contributed by atoms with E-state index in [-0.39, 0.29) is 18.1 Å². The van der Waals surface area contributed by atoms with E-state index in [1.807, 2.05) is 47.0 Å². The summed E-state index contributed by atoms with van der Waals surface area (Å²) in [6, 6.07) is 12.3. The van der Waals surface area contributed by atoms with Gasteiger partial charge in [-0.2, -0.15) is 5.10 Å². The van der Waals surface area contributed by atoms with Crippen molar-refractivity contribution in [1.29, 1.82) is 0 Å². The number of carbonyl (C=O) groups excluding carboxylic acids is 1. The number of hydrogen-bond donors (Lipinski definition) is 0. The number of hydrogen-bond acceptors (Lipinski definition) is 3. The molecule has 6 rings (SSSR count). The number of fused-ring (bicyclic) bond motifs is 2. The molecule has 3 aliphatic rings. The molecule has 2 bridgehead atoms. The van der Waals surface area contributed by atoms with Crippen molar-refractivity contribution >= 4 is 17.5 Å². The van der Waals surface area contributed by atoms with E-state index in [1.54, 1.807) is 6.20 Å². The molecule has 1 amide bonds. The SMILES string of the molecule is Cc1c(Cc2ccc(-n3cccn3)cc2)cc2c(c1Cl)O[C@H]1CCN(C2=O)[C@H](C)C1. The zero-order valence-electron chi connectivity index (χ0n) is 17.1. The number of aromatic nitrogens is 2. The molecule has 2 atom stereocenters. The minimum Gasteiger partial charge on any atom is -0.488 e. The van der Waals surface area contributed by atoms with E-state index in [0.29, 0.717) is 22.8 Å². The van der Waals surface area contributed by atoms with Gasteiger partial charge in [0.25, 0.3) is 5.91 Å². The third kappa shape index (κ3) is 3.27. The highest BCUT2D eigenvalue weighted by Crippen LogP contribution is 2.40. The first-order valence-electron chi connectivity index (χ1n) is 10.4. The Kier molecular flexibility index (Phi) is 4.78. The number of carbonyl (C=O) groups is 1. The fourth-order valence-corrected chi connectivity index (χ4v) is 4.77. The molecule has 0 N–H and O–H groups in total. The first-order valence-corrected chi connectivity index (χ1v) is 10.8. The molecule has 1 aromatic heterocycles. The van der Waals surface area contributed by atoms with Crippen LogP contribution in [0, 0.1) is 6.92 Å². The van der Waals surface area contributed by atoms with Gasteiger partial charge >= 0.3 is 0 Å². The second-order valence-electron chi connectivity index (χ2n) is 8.26. The van der Waals surface area contributed by atoms with Gasteiger partial charge in [-0.25, -0.2) is 4.68 Å². The van der Waals surface area contributed by atoms with E-state index < -0.39 is 0 Å². The fourth-order valence-electron chi connectivity index (χ4n) is 4.50. The second-order valence-corrected chi connectivity index (χ2v) is 8.63. The zero-order chi connectivity index (χ0) is 20.8. The van der Waals surface area contributed by atoms with E-state index in [4.69, 9.17) is 16.3 Å². The third-order valence-corrected chi connectivity index (χ3v) is 6.73. The lowest BCUT2D eigenvalue weighted by molar-refractivity contribution is 0.0349. The van der Waals surface area contributed by atoms with E-state index >= 15 is 0 Å². The fraction of sp³-hybridized carbons (Fsp3) is 0.333. The number of amides is 1. The Morgan fingerprint density at radius 1 is 1.27 bits per heavy atom. The minimum atomic E-state index is 0.0211. The summed E-state index contributed by atoms with van der Waals surface area (Å²) in [4.78, 5) is 15.2. The van der Waals surface area contributed by atoms with Crippen LogP contribution in [0.3, 0.4) is 0 Å². The molecule has 1 saturated heterocycles. The van der Waals surface area contributed by atoms with Crippen molar-refractivity contribution in [3.63, 3.8) is 0 Å². The van der Waals surface area contributed by atoms with Crippen LogP contribution < -0.4 is 4.74 Å². The van der Waals surface area contributed by atoms with Crippen LogP contribution in [0.2, 0.25) is 5.02 Å². The lowest BCUT2D eigenvalue weighted by atomic mass is 9.93. The van der Waals surface area contributed by atoms with E-state index in [2.05, 4.69) is 24.2 Å². The van der Waals surface area contributed by atoms with Crippen LogP contribution in [0.5, 0.6) is 5.75 Å². The summed E-state index contributed by atoms with van der Waals surface area (Å²) < 4.78 is 8.08. The van der Waals surface area contributed by atoms with Gasteiger partial charge in [0, 0.05) is 37.8 Å². The molecule has 0 aliphatic carbocycles. The molecule has 2 aromatic carbocycles. The Morgan fingerprint density at radius 3 is 2.77 bits per heavy atom. The molecular weight excluding hydrogens is 398 g/mol. The van der Waals surface area contributed by atoms with Gasteiger partial charge in [0.15, 0.2) is 5.75 Å². The molecule has 0 spiro atoms. The number of rotatable bonds is 3. The van der Waals surface area contributed by atoms with Crippen LogP contribution in [0.25, 0.3) is 5.69 Å². The van der Waals surface area contributed by atoms with Gasteiger partial charge in [0.2, 0.25) is 0 Å². The van der Waals surface area contributed by atoms with Gasteiger partial charge in [-0.15, -0.1) is 0 Å². The van der Waals surface area contributed by atoms with Crippen molar-refractivity contribution in [2.24, 2.45) is 0 Å². The first-order chi connectivity index (χ1) is 14.5. The summed E-state index contributed by atoms with van der Waals surface area (Å²) in [5, 5.41) is 4.83.